The van der Waals surface area contributed by atoms with Crippen LogP contribution in [-0.2, 0) is 9.59 Å². The van der Waals surface area contributed by atoms with Crippen LogP contribution in [0.2, 0.25) is 5.02 Å². The van der Waals surface area contributed by atoms with Gasteiger partial charge in [0.2, 0.25) is 0 Å². The number of nitrogens with one attached hydrogen (secondary N) is 1. The second kappa shape index (κ2) is 9.69. The molecule has 0 atom stereocenters. The SMILES string of the molecule is C#CCOc1cc(Br)c(/C=C2\C(=O)NC(=O)N(c3ccc(Cl)cc3)C2=O)cc1OCC. The number of anilines is 1. The van der Waals surface area contributed by atoms with Crippen LogP contribution in [0.5, 0.6) is 11.5 Å². The number of imide groups is 2. The molecule has 9 heteroatoms. The maximum Gasteiger partial charge on any atom is 0.335 e. The molecule has 158 valence electrons. The van der Waals surface area contributed by atoms with Crippen molar-refractivity contribution in [2.24, 2.45) is 0 Å². The summed E-state index contributed by atoms with van der Waals surface area (Å²) < 4.78 is 11.6. The van der Waals surface area contributed by atoms with E-state index in [1.165, 1.54) is 30.3 Å². The minimum atomic E-state index is -0.846. The molecule has 0 aromatic heterocycles. The largest absolute Gasteiger partial charge is 0.490 e. The summed E-state index contributed by atoms with van der Waals surface area (Å²) in [5.41, 5.74) is 0.521. The Balaban J connectivity index is 2.02. The molecule has 1 N–H and O–H groups in total. The van der Waals surface area contributed by atoms with E-state index >= 15 is 0 Å². The van der Waals surface area contributed by atoms with Gasteiger partial charge in [0.25, 0.3) is 11.8 Å². The Morgan fingerprint density at radius 3 is 2.48 bits per heavy atom. The lowest BCUT2D eigenvalue weighted by atomic mass is 10.1. The van der Waals surface area contributed by atoms with E-state index in [2.05, 4.69) is 27.2 Å². The number of urea groups is 1. The molecule has 1 heterocycles. The van der Waals surface area contributed by atoms with Crippen molar-refractivity contribution >= 4 is 57.1 Å². The Kier molecular flexibility index (Phi) is 7.00. The summed E-state index contributed by atoms with van der Waals surface area (Å²) in [6.45, 7) is 2.22. The number of rotatable bonds is 6. The van der Waals surface area contributed by atoms with Crippen molar-refractivity contribution in [1.29, 1.82) is 0 Å². The van der Waals surface area contributed by atoms with Crippen LogP contribution in [0.3, 0.4) is 0 Å². The van der Waals surface area contributed by atoms with E-state index in [9.17, 15) is 14.4 Å². The summed E-state index contributed by atoms with van der Waals surface area (Å²) in [5.74, 6) is 1.60. The van der Waals surface area contributed by atoms with Crippen LogP contribution in [0.1, 0.15) is 12.5 Å². The molecule has 0 unspecified atom stereocenters. The van der Waals surface area contributed by atoms with Gasteiger partial charge in [-0.1, -0.05) is 33.5 Å². The second-order valence-corrected chi connectivity index (χ2v) is 7.47. The number of amides is 4. The van der Waals surface area contributed by atoms with Gasteiger partial charge >= 0.3 is 6.03 Å². The van der Waals surface area contributed by atoms with Gasteiger partial charge < -0.3 is 9.47 Å². The summed E-state index contributed by atoms with van der Waals surface area (Å²) >= 11 is 9.28. The molecule has 2 aromatic carbocycles. The molecule has 1 saturated heterocycles. The lowest BCUT2D eigenvalue weighted by molar-refractivity contribution is -0.122. The number of barbiturate groups is 1. The van der Waals surface area contributed by atoms with Crippen molar-refractivity contribution in [2.75, 3.05) is 18.1 Å². The van der Waals surface area contributed by atoms with Crippen molar-refractivity contribution in [2.45, 2.75) is 6.92 Å². The van der Waals surface area contributed by atoms with E-state index in [0.717, 1.165) is 4.90 Å². The first-order chi connectivity index (χ1) is 14.8. The molecule has 1 fully saturated rings. The highest BCUT2D eigenvalue weighted by Crippen LogP contribution is 2.35. The van der Waals surface area contributed by atoms with Crippen LogP contribution in [0.25, 0.3) is 6.08 Å². The molecule has 0 radical (unpaired) electrons. The average molecular weight is 504 g/mol. The molecule has 4 amide bonds. The number of terminal acetylenes is 1. The van der Waals surface area contributed by atoms with E-state index in [4.69, 9.17) is 27.5 Å². The average Bonchev–Trinajstić information content (AvgIpc) is 2.73. The Morgan fingerprint density at radius 2 is 1.84 bits per heavy atom. The molecule has 1 aliphatic rings. The Labute approximate surface area is 192 Å². The molecule has 0 aliphatic carbocycles. The van der Waals surface area contributed by atoms with Crippen molar-refractivity contribution in [1.82, 2.24) is 5.32 Å². The van der Waals surface area contributed by atoms with Gasteiger partial charge in [0.15, 0.2) is 11.5 Å². The smallest absolute Gasteiger partial charge is 0.335 e. The maximum atomic E-state index is 13.0. The van der Waals surface area contributed by atoms with Crippen LogP contribution < -0.4 is 19.7 Å². The van der Waals surface area contributed by atoms with Crippen LogP contribution >= 0.6 is 27.5 Å². The molecule has 3 rings (SSSR count). The zero-order chi connectivity index (χ0) is 22.5. The number of hydrogen-bond donors (Lipinski definition) is 1. The van der Waals surface area contributed by atoms with Crippen molar-refractivity contribution < 1.29 is 23.9 Å². The van der Waals surface area contributed by atoms with Crippen LogP contribution in [-0.4, -0.2) is 31.1 Å². The molecule has 0 spiro atoms. The first-order valence-electron chi connectivity index (χ1n) is 9.05. The van der Waals surface area contributed by atoms with E-state index in [0.29, 0.717) is 33.2 Å². The number of halogens is 2. The summed E-state index contributed by atoms with van der Waals surface area (Å²) in [6, 6.07) is 8.48. The fourth-order valence-electron chi connectivity index (χ4n) is 2.80. The normalized spacial score (nSPS) is 15.0. The highest BCUT2D eigenvalue weighted by atomic mass is 79.9. The molecule has 7 nitrogen and oxygen atoms in total. The molecular formula is C22H16BrClN2O5. The van der Waals surface area contributed by atoms with E-state index in [1.54, 1.807) is 19.1 Å². The lowest BCUT2D eigenvalue weighted by Crippen LogP contribution is -2.54. The Bertz CT molecular complexity index is 1120. The predicted molar refractivity (Wildman–Crippen MR) is 120 cm³/mol. The van der Waals surface area contributed by atoms with Crippen molar-refractivity contribution in [3.63, 3.8) is 0 Å². The molecule has 0 bridgehead atoms. The van der Waals surface area contributed by atoms with E-state index in [-0.39, 0.29) is 17.9 Å². The number of benzene rings is 2. The van der Waals surface area contributed by atoms with Crippen LogP contribution in [0.4, 0.5) is 10.5 Å². The predicted octanol–water partition coefficient (Wildman–Crippen LogP) is 4.18. The van der Waals surface area contributed by atoms with Gasteiger partial charge in [-0.2, -0.15) is 0 Å². The van der Waals surface area contributed by atoms with E-state index in [1.807, 2.05) is 0 Å². The zero-order valence-corrected chi connectivity index (χ0v) is 18.6. The summed E-state index contributed by atoms with van der Waals surface area (Å²) in [4.78, 5) is 38.6. The lowest BCUT2D eigenvalue weighted by Gasteiger charge is -2.26. The summed E-state index contributed by atoms with van der Waals surface area (Å²) in [7, 11) is 0. The fraction of sp³-hybridized carbons (Fsp3) is 0.136. The highest BCUT2D eigenvalue weighted by molar-refractivity contribution is 9.10. The fourth-order valence-corrected chi connectivity index (χ4v) is 3.36. The molecule has 2 aromatic rings. The summed E-state index contributed by atoms with van der Waals surface area (Å²) in [6.07, 6.45) is 6.61. The molecule has 31 heavy (non-hydrogen) atoms. The number of ether oxygens (including phenoxy) is 2. The quantitative estimate of drug-likeness (QED) is 0.363. The third-order valence-electron chi connectivity index (χ3n) is 4.16. The minimum Gasteiger partial charge on any atom is -0.490 e. The first-order valence-corrected chi connectivity index (χ1v) is 10.2. The number of hydrogen-bond acceptors (Lipinski definition) is 5. The summed E-state index contributed by atoms with van der Waals surface area (Å²) in [5, 5.41) is 2.62. The molecular weight excluding hydrogens is 488 g/mol. The Morgan fingerprint density at radius 1 is 1.16 bits per heavy atom. The van der Waals surface area contributed by atoms with Crippen molar-refractivity contribution in [3.8, 4) is 23.8 Å². The second-order valence-electron chi connectivity index (χ2n) is 6.18. The zero-order valence-electron chi connectivity index (χ0n) is 16.3. The highest BCUT2D eigenvalue weighted by Gasteiger charge is 2.37. The van der Waals surface area contributed by atoms with Gasteiger partial charge in [-0.25, -0.2) is 9.69 Å². The third-order valence-corrected chi connectivity index (χ3v) is 5.10. The van der Waals surface area contributed by atoms with Crippen molar-refractivity contribution in [3.05, 3.63) is 57.0 Å². The number of carbonyl (C=O) groups is 3. The number of nitrogens with zero attached hydrogens (tertiary/aromatic N) is 1. The monoisotopic (exact) mass is 502 g/mol. The van der Waals surface area contributed by atoms with Gasteiger partial charge in [-0.05, 0) is 55.0 Å². The minimum absolute atomic E-state index is 0.0476. The Hall–Kier alpha value is -3.28. The molecule has 0 saturated carbocycles. The number of carbonyl (C=O) groups excluding carboxylic acids is 3. The van der Waals surface area contributed by atoms with Crippen LogP contribution in [0.15, 0.2) is 46.4 Å². The van der Waals surface area contributed by atoms with Gasteiger partial charge in [-0.3, -0.25) is 14.9 Å². The molecule has 1 aliphatic heterocycles. The first kappa shape index (κ1) is 22.4. The van der Waals surface area contributed by atoms with Gasteiger partial charge in [0, 0.05) is 9.50 Å². The van der Waals surface area contributed by atoms with Crippen LogP contribution in [0, 0.1) is 12.3 Å². The van der Waals surface area contributed by atoms with E-state index < -0.39 is 17.8 Å². The van der Waals surface area contributed by atoms with Gasteiger partial charge in [0.05, 0.1) is 12.3 Å². The van der Waals surface area contributed by atoms with Gasteiger partial charge in [-0.15, -0.1) is 6.42 Å². The third kappa shape index (κ3) is 4.90. The maximum absolute atomic E-state index is 13.0. The van der Waals surface area contributed by atoms with Gasteiger partial charge in [0.1, 0.15) is 12.2 Å². The topological polar surface area (TPSA) is 84.9 Å². The standard InChI is InChI=1S/C22H16BrClN2O5/c1-3-9-31-19-12-17(23)13(11-18(19)30-4-2)10-16-20(27)25-22(29)26(21(16)28)15-7-5-14(24)6-8-15/h1,5-8,10-12H,4,9H2,2H3,(H,25,27,29)/b16-10+.